The Morgan fingerprint density at radius 1 is 1.36 bits per heavy atom. The summed E-state index contributed by atoms with van der Waals surface area (Å²) in [5.41, 5.74) is 0.794. The average Bonchev–Trinajstić information content (AvgIpc) is 3.32. The molecule has 0 atom stereocenters. The summed E-state index contributed by atoms with van der Waals surface area (Å²) in [4.78, 5) is 15.8. The molecular weight excluding hydrogens is 358 g/mol. The molecule has 25 heavy (non-hydrogen) atoms. The Hall–Kier alpha value is -1.98. The first kappa shape index (κ1) is 17.8. The number of halogens is 1. The lowest BCUT2D eigenvalue weighted by molar-refractivity contribution is -0.127. The van der Waals surface area contributed by atoms with Crippen LogP contribution in [0.15, 0.2) is 35.7 Å². The first-order valence-electron chi connectivity index (χ1n) is 8.05. The monoisotopic (exact) mass is 377 g/mol. The Balaban J connectivity index is 1.75. The highest BCUT2D eigenvalue weighted by atomic mass is 35.5. The van der Waals surface area contributed by atoms with Crippen molar-refractivity contribution in [2.45, 2.75) is 25.4 Å². The lowest BCUT2D eigenvalue weighted by Gasteiger charge is -2.20. The van der Waals surface area contributed by atoms with Crippen molar-refractivity contribution in [3.05, 3.63) is 51.2 Å². The fourth-order valence-electron chi connectivity index (χ4n) is 2.64. The molecule has 0 N–H and O–H groups in total. The van der Waals surface area contributed by atoms with Crippen LogP contribution < -0.4 is 9.47 Å². The van der Waals surface area contributed by atoms with Gasteiger partial charge in [0.25, 0.3) is 0 Å². The van der Waals surface area contributed by atoms with E-state index in [1.807, 2.05) is 16.3 Å². The van der Waals surface area contributed by atoms with Gasteiger partial charge in [0.1, 0.15) is 0 Å². The largest absolute Gasteiger partial charge is 0.493 e. The van der Waals surface area contributed by atoms with E-state index in [4.69, 9.17) is 21.1 Å². The molecule has 3 rings (SSSR count). The molecule has 1 aliphatic carbocycles. The third-order valence-electron chi connectivity index (χ3n) is 4.05. The standard InChI is InChI=1S/C19H20ClNO3S/c1-23-17-11-13(10-16(20)19(17)24-2)5-8-18(22)21(14-6-7-14)12-15-4-3-9-25-15/h3-5,8-11,14H,6-7,12H2,1-2H3/b8-5+. The highest BCUT2D eigenvalue weighted by molar-refractivity contribution is 7.09. The van der Waals surface area contributed by atoms with Crippen LogP contribution >= 0.6 is 22.9 Å². The molecule has 1 fully saturated rings. The van der Waals surface area contributed by atoms with Gasteiger partial charge in [-0.25, -0.2) is 0 Å². The van der Waals surface area contributed by atoms with Crippen molar-refractivity contribution in [3.63, 3.8) is 0 Å². The number of carbonyl (C=O) groups is 1. The molecule has 1 aliphatic rings. The van der Waals surface area contributed by atoms with E-state index in [1.165, 1.54) is 4.88 Å². The molecule has 1 amide bonds. The van der Waals surface area contributed by atoms with Crippen molar-refractivity contribution in [2.75, 3.05) is 14.2 Å². The molecule has 0 radical (unpaired) electrons. The van der Waals surface area contributed by atoms with Crippen LogP contribution in [0.25, 0.3) is 6.08 Å². The summed E-state index contributed by atoms with van der Waals surface area (Å²) < 4.78 is 10.5. The van der Waals surface area contributed by atoms with Crippen molar-refractivity contribution in [1.82, 2.24) is 4.90 Å². The summed E-state index contributed by atoms with van der Waals surface area (Å²) in [5, 5.41) is 2.48. The smallest absolute Gasteiger partial charge is 0.247 e. The minimum atomic E-state index is 0.0156. The average molecular weight is 378 g/mol. The Morgan fingerprint density at radius 2 is 2.16 bits per heavy atom. The number of carbonyl (C=O) groups excluding carboxylic acids is 1. The maximum absolute atomic E-state index is 12.6. The van der Waals surface area contributed by atoms with E-state index >= 15 is 0 Å². The number of rotatable bonds is 7. The molecule has 4 nitrogen and oxygen atoms in total. The maximum Gasteiger partial charge on any atom is 0.247 e. The Bertz CT molecular complexity index is 769. The molecule has 0 bridgehead atoms. The van der Waals surface area contributed by atoms with E-state index < -0.39 is 0 Å². The van der Waals surface area contributed by atoms with E-state index in [0.717, 1.165) is 18.4 Å². The van der Waals surface area contributed by atoms with Gasteiger partial charge in [-0.1, -0.05) is 17.7 Å². The number of methoxy groups -OCH3 is 2. The number of ether oxygens (including phenoxy) is 2. The van der Waals surface area contributed by atoms with Gasteiger partial charge in [-0.3, -0.25) is 4.79 Å². The third-order valence-corrected chi connectivity index (χ3v) is 5.19. The van der Waals surface area contributed by atoms with Crippen molar-refractivity contribution in [1.29, 1.82) is 0 Å². The van der Waals surface area contributed by atoms with E-state index in [1.54, 1.807) is 49.8 Å². The molecule has 6 heteroatoms. The summed E-state index contributed by atoms with van der Waals surface area (Å²) >= 11 is 7.89. The second-order valence-electron chi connectivity index (χ2n) is 5.85. The van der Waals surface area contributed by atoms with E-state index in [9.17, 15) is 4.79 Å². The number of thiophene rings is 1. The van der Waals surface area contributed by atoms with Gasteiger partial charge in [0, 0.05) is 17.0 Å². The van der Waals surface area contributed by atoms with Gasteiger partial charge in [-0.05, 0) is 48.1 Å². The molecule has 1 saturated carbocycles. The molecular formula is C19H20ClNO3S. The quantitative estimate of drug-likeness (QED) is 0.661. The van der Waals surface area contributed by atoms with Crippen LogP contribution in [0.3, 0.4) is 0 Å². The molecule has 0 saturated heterocycles. The van der Waals surface area contributed by atoms with Crippen LogP contribution in [0.2, 0.25) is 5.02 Å². The maximum atomic E-state index is 12.6. The molecule has 1 aromatic carbocycles. The molecule has 0 aliphatic heterocycles. The zero-order valence-electron chi connectivity index (χ0n) is 14.2. The number of amides is 1. The summed E-state index contributed by atoms with van der Waals surface area (Å²) in [6.07, 6.45) is 5.52. The molecule has 1 aromatic heterocycles. The normalized spacial score (nSPS) is 13.9. The second kappa shape index (κ2) is 7.93. The molecule has 1 heterocycles. The molecule has 2 aromatic rings. The SMILES string of the molecule is COc1cc(/C=C/C(=O)N(Cc2cccs2)C2CC2)cc(Cl)c1OC. The van der Waals surface area contributed by atoms with Crippen molar-refractivity contribution in [2.24, 2.45) is 0 Å². The van der Waals surface area contributed by atoms with Gasteiger partial charge in [0.15, 0.2) is 11.5 Å². The summed E-state index contributed by atoms with van der Waals surface area (Å²) in [7, 11) is 3.10. The van der Waals surface area contributed by atoms with E-state index in [-0.39, 0.29) is 5.91 Å². The zero-order chi connectivity index (χ0) is 17.8. The number of nitrogens with zero attached hydrogens (tertiary/aromatic N) is 1. The summed E-state index contributed by atoms with van der Waals surface area (Å²) in [6.45, 7) is 0.665. The van der Waals surface area contributed by atoms with Crippen molar-refractivity contribution >= 4 is 34.9 Å². The molecule has 0 unspecified atom stereocenters. The topological polar surface area (TPSA) is 38.8 Å². The lowest BCUT2D eigenvalue weighted by atomic mass is 10.2. The second-order valence-corrected chi connectivity index (χ2v) is 7.29. The predicted molar refractivity (Wildman–Crippen MR) is 101 cm³/mol. The first-order chi connectivity index (χ1) is 12.1. The fourth-order valence-corrected chi connectivity index (χ4v) is 3.64. The minimum absolute atomic E-state index is 0.0156. The Labute approximate surface area is 156 Å². The van der Waals surface area contributed by atoms with Crippen LogP contribution in [0.4, 0.5) is 0 Å². The van der Waals surface area contributed by atoms with E-state index in [0.29, 0.717) is 29.1 Å². The summed E-state index contributed by atoms with van der Waals surface area (Å²) in [6, 6.07) is 7.98. The van der Waals surface area contributed by atoms with Gasteiger partial charge in [0.05, 0.1) is 25.8 Å². The van der Waals surface area contributed by atoms with Gasteiger partial charge < -0.3 is 14.4 Å². The molecule has 0 spiro atoms. The Kier molecular flexibility index (Phi) is 5.66. The zero-order valence-corrected chi connectivity index (χ0v) is 15.8. The van der Waals surface area contributed by atoms with Gasteiger partial charge in [0.2, 0.25) is 5.91 Å². The third kappa shape index (κ3) is 4.35. The number of benzene rings is 1. The number of hydrogen-bond donors (Lipinski definition) is 0. The van der Waals surface area contributed by atoms with Gasteiger partial charge >= 0.3 is 0 Å². The highest BCUT2D eigenvalue weighted by Gasteiger charge is 2.31. The first-order valence-corrected chi connectivity index (χ1v) is 9.30. The fraction of sp³-hybridized carbons (Fsp3) is 0.316. The van der Waals surface area contributed by atoms with Gasteiger partial charge in [-0.15, -0.1) is 11.3 Å². The lowest BCUT2D eigenvalue weighted by Crippen LogP contribution is -2.30. The van der Waals surface area contributed by atoms with Crippen molar-refractivity contribution in [3.8, 4) is 11.5 Å². The Morgan fingerprint density at radius 3 is 2.76 bits per heavy atom. The van der Waals surface area contributed by atoms with Crippen LogP contribution in [0, 0.1) is 0 Å². The van der Waals surface area contributed by atoms with Crippen LogP contribution in [0.1, 0.15) is 23.3 Å². The number of hydrogen-bond acceptors (Lipinski definition) is 4. The van der Waals surface area contributed by atoms with Crippen LogP contribution in [0.5, 0.6) is 11.5 Å². The van der Waals surface area contributed by atoms with Crippen molar-refractivity contribution < 1.29 is 14.3 Å². The molecule has 132 valence electrons. The van der Waals surface area contributed by atoms with Crippen LogP contribution in [-0.4, -0.2) is 31.1 Å². The predicted octanol–water partition coefficient (Wildman–Crippen LogP) is 4.62. The summed E-state index contributed by atoms with van der Waals surface area (Å²) in [5.74, 6) is 1.05. The van der Waals surface area contributed by atoms with Gasteiger partial charge in [-0.2, -0.15) is 0 Å². The highest BCUT2D eigenvalue weighted by Crippen LogP contribution is 2.36. The van der Waals surface area contributed by atoms with Crippen LogP contribution in [-0.2, 0) is 11.3 Å². The minimum Gasteiger partial charge on any atom is -0.493 e. The van der Waals surface area contributed by atoms with E-state index in [2.05, 4.69) is 6.07 Å².